The average Bonchev–Trinajstić information content (AvgIpc) is 2.14. The summed E-state index contributed by atoms with van der Waals surface area (Å²) in [4.78, 5) is 0. The van der Waals surface area contributed by atoms with Crippen LogP contribution in [0.25, 0.3) is 6.08 Å². The summed E-state index contributed by atoms with van der Waals surface area (Å²) >= 11 is 1.62. The molecule has 0 atom stereocenters. The lowest BCUT2D eigenvalue weighted by Gasteiger charge is -1.91. The highest BCUT2D eigenvalue weighted by Gasteiger charge is 1.82. The van der Waals surface area contributed by atoms with E-state index in [0.29, 0.717) is 0 Å². The van der Waals surface area contributed by atoms with Gasteiger partial charge < -0.3 is 5.11 Å². The molecule has 0 fully saturated rings. The molecule has 0 heterocycles. The van der Waals surface area contributed by atoms with Crippen molar-refractivity contribution in [2.45, 2.75) is 0 Å². The Bertz CT molecular complexity index is 231. The van der Waals surface area contributed by atoms with Crippen molar-refractivity contribution in [1.29, 1.82) is 0 Å². The molecule has 12 heavy (non-hydrogen) atoms. The molecule has 0 amide bonds. The predicted octanol–water partition coefficient (Wildman–Crippen LogP) is 2.38. The molecular formula is C10H12OS. The van der Waals surface area contributed by atoms with Crippen LogP contribution in [0.1, 0.15) is 5.56 Å². The zero-order chi connectivity index (χ0) is 8.65. The standard InChI is InChI=1S/C10H12OS/c11-7-9-12-8-6-10-4-2-1-3-5-10/h1-6,8,11H,7,9H2. The molecule has 2 heteroatoms. The number of aliphatic hydroxyl groups excluding tert-OH is 1. The molecule has 0 saturated heterocycles. The van der Waals surface area contributed by atoms with E-state index in [2.05, 4.69) is 12.1 Å². The van der Waals surface area contributed by atoms with E-state index < -0.39 is 0 Å². The normalized spacial score (nSPS) is 10.8. The summed E-state index contributed by atoms with van der Waals surface area (Å²) in [5.41, 5.74) is 1.20. The van der Waals surface area contributed by atoms with E-state index in [9.17, 15) is 0 Å². The third-order valence-corrected chi connectivity index (χ3v) is 2.11. The van der Waals surface area contributed by atoms with Crippen molar-refractivity contribution >= 4 is 17.8 Å². The molecule has 64 valence electrons. The third-order valence-electron chi connectivity index (χ3n) is 1.37. The van der Waals surface area contributed by atoms with E-state index in [1.54, 1.807) is 11.8 Å². The Labute approximate surface area is 77.1 Å². The smallest absolute Gasteiger partial charge is 0.0525 e. The number of hydrogen-bond donors (Lipinski definition) is 1. The summed E-state index contributed by atoms with van der Waals surface area (Å²) in [5.74, 6) is 0.767. The maximum Gasteiger partial charge on any atom is 0.0525 e. The highest BCUT2D eigenvalue weighted by Crippen LogP contribution is 2.07. The molecular weight excluding hydrogens is 168 g/mol. The Kier molecular flexibility index (Phi) is 4.57. The van der Waals surface area contributed by atoms with Crippen LogP contribution >= 0.6 is 11.8 Å². The molecule has 0 unspecified atom stereocenters. The summed E-state index contributed by atoms with van der Waals surface area (Å²) in [6.45, 7) is 0.240. The highest BCUT2D eigenvalue weighted by molar-refractivity contribution is 8.02. The molecule has 0 saturated carbocycles. The van der Waals surface area contributed by atoms with E-state index >= 15 is 0 Å². The van der Waals surface area contributed by atoms with Gasteiger partial charge in [0.25, 0.3) is 0 Å². The van der Waals surface area contributed by atoms with Crippen LogP contribution in [0.5, 0.6) is 0 Å². The number of rotatable bonds is 4. The number of thioether (sulfide) groups is 1. The van der Waals surface area contributed by atoms with Crippen LogP contribution < -0.4 is 0 Å². The van der Waals surface area contributed by atoms with Crippen LogP contribution in [0.2, 0.25) is 0 Å². The third kappa shape index (κ3) is 3.60. The molecule has 0 bridgehead atoms. The SMILES string of the molecule is OCCSC=Cc1ccccc1. The molecule has 0 aliphatic heterocycles. The number of aliphatic hydroxyl groups is 1. The van der Waals surface area contributed by atoms with Gasteiger partial charge in [0.1, 0.15) is 0 Å². The van der Waals surface area contributed by atoms with Gasteiger partial charge in [0.05, 0.1) is 6.61 Å². The second-order valence-corrected chi connectivity index (χ2v) is 3.32. The summed E-state index contributed by atoms with van der Waals surface area (Å²) < 4.78 is 0. The molecule has 0 aliphatic rings. The first-order valence-electron chi connectivity index (χ1n) is 3.87. The van der Waals surface area contributed by atoms with Crippen molar-refractivity contribution in [3.63, 3.8) is 0 Å². The van der Waals surface area contributed by atoms with Gasteiger partial charge in [-0.05, 0) is 17.0 Å². The van der Waals surface area contributed by atoms with E-state index in [0.717, 1.165) is 5.75 Å². The van der Waals surface area contributed by atoms with Gasteiger partial charge in [0, 0.05) is 5.75 Å². The van der Waals surface area contributed by atoms with Crippen LogP contribution in [0.3, 0.4) is 0 Å². The van der Waals surface area contributed by atoms with E-state index in [1.807, 2.05) is 29.7 Å². The molecule has 1 aromatic rings. The van der Waals surface area contributed by atoms with Crippen LogP contribution in [-0.4, -0.2) is 17.5 Å². The van der Waals surface area contributed by atoms with Crippen LogP contribution in [-0.2, 0) is 0 Å². The zero-order valence-corrected chi connectivity index (χ0v) is 7.63. The Morgan fingerprint density at radius 1 is 1.25 bits per heavy atom. The Hall–Kier alpha value is -0.730. The largest absolute Gasteiger partial charge is 0.396 e. The van der Waals surface area contributed by atoms with Crippen LogP contribution in [0.15, 0.2) is 35.7 Å². The van der Waals surface area contributed by atoms with Crippen molar-refractivity contribution in [3.8, 4) is 0 Å². The van der Waals surface area contributed by atoms with Crippen molar-refractivity contribution in [3.05, 3.63) is 41.3 Å². The fraction of sp³-hybridized carbons (Fsp3) is 0.200. The minimum absolute atomic E-state index is 0.240. The van der Waals surface area contributed by atoms with Crippen molar-refractivity contribution in [1.82, 2.24) is 0 Å². The van der Waals surface area contributed by atoms with Gasteiger partial charge in [-0.25, -0.2) is 0 Å². The first-order chi connectivity index (χ1) is 5.93. The second-order valence-electron chi connectivity index (χ2n) is 2.31. The molecule has 0 aliphatic carbocycles. The number of benzene rings is 1. The van der Waals surface area contributed by atoms with Crippen molar-refractivity contribution < 1.29 is 5.11 Å². The number of hydrogen-bond acceptors (Lipinski definition) is 2. The average molecular weight is 180 g/mol. The summed E-state index contributed by atoms with van der Waals surface area (Å²) in [5, 5.41) is 10.5. The van der Waals surface area contributed by atoms with Gasteiger partial charge in [-0.15, -0.1) is 11.8 Å². The fourth-order valence-corrected chi connectivity index (χ4v) is 1.31. The molecule has 0 aromatic heterocycles. The van der Waals surface area contributed by atoms with Gasteiger partial charge in [-0.3, -0.25) is 0 Å². The molecule has 0 spiro atoms. The Morgan fingerprint density at radius 2 is 2.00 bits per heavy atom. The molecule has 1 N–H and O–H groups in total. The zero-order valence-electron chi connectivity index (χ0n) is 6.81. The Balaban J connectivity index is 2.36. The minimum Gasteiger partial charge on any atom is -0.396 e. The van der Waals surface area contributed by atoms with Crippen molar-refractivity contribution in [2.24, 2.45) is 0 Å². The summed E-state index contributed by atoms with van der Waals surface area (Å²) in [6.07, 6.45) is 2.04. The quantitative estimate of drug-likeness (QED) is 0.718. The molecule has 1 nitrogen and oxygen atoms in total. The monoisotopic (exact) mass is 180 g/mol. The highest BCUT2D eigenvalue weighted by atomic mass is 32.2. The van der Waals surface area contributed by atoms with Crippen LogP contribution in [0, 0.1) is 0 Å². The minimum atomic E-state index is 0.240. The van der Waals surface area contributed by atoms with E-state index in [4.69, 9.17) is 5.11 Å². The topological polar surface area (TPSA) is 20.2 Å². The maximum absolute atomic E-state index is 8.51. The summed E-state index contributed by atoms with van der Waals surface area (Å²) in [7, 11) is 0. The molecule has 1 rings (SSSR count). The van der Waals surface area contributed by atoms with Gasteiger partial charge in [-0.2, -0.15) is 0 Å². The molecule has 0 radical (unpaired) electrons. The predicted molar refractivity (Wildman–Crippen MR) is 55.0 cm³/mol. The molecule has 1 aromatic carbocycles. The fourth-order valence-electron chi connectivity index (χ4n) is 0.812. The Morgan fingerprint density at radius 3 is 2.67 bits per heavy atom. The van der Waals surface area contributed by atoms with E-state index in [1.165, 1.54) is 5.56 Å². The first-order valence-corrected chi connectivity index (χ1v) is 4.92. The van der Waals surface area contributed by atoms with Gasteiger partial charge in [0.2, 0.25) is 0 Å². The lowest BCUT2D eigenvalue weighted by Crippen LogP contribution is -1.81. The van der Waals surface area contributed by atoms with Gasteiger partial charge in [-0.1, -0.05) is 30.3 Å². The van der Waals surface area contributed by atoms with Crippen molar-refractivity contribution in [2.75, 3.05) is 12.4 Å². The first kappa shape index (κ1) is 9.36. The van der Waals surface area contributed by atoms with Gasteiger partial charge >= 0.3 is 0 Å². The second kappa shape index (κ2) is 5.86. The summed E-state index contributed by atoms with van der Waals surface area (Å²) in [6, 6.07) is 10.1. The van der Waals surface area contributed by atoms with Crippen LogP contribution in [0.4, 0.5) is 0 Å². The maximum atomic E-state index is 8.51. The lowest BCUT2D eigenvalue weighted by molar-refractivity contribution is 0.322. The lowest BCUT2D eigenvalue weighted by atomic mass is 10.2. The van der Waals surface area contributed by atoms with E-state index in [-0.39, 0.29) is 6.61 Å². The van der Waals surface area contributed by atoms with Gasteiger partial charge in [0.15, 0.2) is 0 Å².